The van der Waals surface area contributed by atoms with Crippen LogP contribution in [-0.2, 0) is 20.8 Å². The first-order chi connectivity index (χ1) is 21.5. The molecule has 2 aliphatic heterocycles. The van der Waals surface area contributed by atoms with Crippen LogP contribution in [0.4, 0.5) is 0 Å². The van der Waals surface area contributed by atoms with Crippen molar-refractivity contribution in [3.8, 4) is 11.5 Å². The minimum Gasteiger partial charge on any atom is -0.493 e. The molecule has 3 amide bonds. The summed E-state index contributed by atoms with van der Waals surface area (Å²) in [4.78, 5) is 42.4. The summed E-state index contributed by atoms with van der Waals surface area (Å²) in [6.07, 6.45) is -0.777. The van der Waals surface area contributed by atoms with Crippen LogP contribution < -0.4 is 20.1 Å². The van der Waals surface area contributed by atoms with E-state index >= 15 is 0 Å². The SMILES string of the molecule is Cc1cccc(C)c1OCC(=O)N[C@@H](Cc1ccccc1)[C@H](O)C(=O)N1CSC(C)(C)[C@H]1C(=O)NC1CCOc2ccccc21. The van der Waals surface area contributed by atoms with Crippen LogP contribution in [0.15, 0.2) is 72.8 Å². The lowest BCUT2D eigenvalue weighted by molar-refractivity contribution is -0.148. The van der Waals surface area contributed by atoms with E-state index in [4.69, 9.17) is 9.47 Å². The fourth-order valence-electron chi connectivity index (χ4n) is 6.02. The predicted octanol–water partition coefficient (Wildman–Crippen LogP) is 4.09. The molecule has 0 bridgehead atoms. The largest absolute Gasteiger partial charge is 0.493 e. The van der Waals surface area contributed by atoms with Crippen LogP contribution in [-0.4, -0.2) is 69.8 Å². The second kappa shape index (κ2) is 14.0. The van der Waals surface area contributed by atoms with Crippen LogP contribution in [0.5, 0.6) is 11.5 Å². The average Bonchev–Trinajstić information content (AvgIpc) is 3.35. The van der Waals surface area contributed by atoms with Crippen molar-refractivity contribution in [1.82, 2.24) is 15.5 Å². The number of aliphatic hydroxyl groups excluding tert-OH is 1. The Bertz CT molecular complexity index is 1510. The first-order valence-electron chi connectivity index (χ1n) is 15.2. The number of ether oxygens (including phenoxy) is 2. The van der Waals surface area contributed by atoms with Crippen molar-refractivity contribution >= 4 is 29.5 Å². The number of hydrogen-bond donors (Lipinski definition) is 3. The quantitative estimate of drug-likeness (QED) is 0.309. The van der Waals surface area contributed by atoms with E-state index in [1.807, 2.05) is 100 Å². The van der Waals surface area contributed by atoms with E-state index in [1.165, 1.54) is 16.7 Å². The molecule has 10 heteroatoms. The third kappa shape index (κ3) is 7.45. The Morgan fingerprint density at radius 1 is 1.02 bits per heavy atom. The number of para-hydroxylation sites is 2. The maximum absolute atomic E-state index is 14.0. The van der Waals surface area contributed by atoms with Gasteiger partial charge in [0.1, 0.15) is 17.5 Å². The molecular weight excluding hydrogens is 590 g/mol. The Hall–Kier alpha value is -4.02. The molecule has 0 aromatic heterocycles. The number of nitrogens with one attached hydrogen (secondary N) is 2. The topological polar surface area (TPSA) is 117 Å². The van der Waals surface area contributed by atoms with Crippen LogP contribution in [0, 0.1) is 13.8 Å². The second-order valence-electron chi connectivity index (χ2n) is 12.1. The summed E-state index contributed by atoms with van der Waals surface area (Å²) in [7, 11) is 0. The number of carbonyl (C=O) groups is 3. The van der Waals surface area contributed by atoms with Crippen LogP contribution >= 0.6 is 11.8 Å². The molecule has 0 radical (unpaired) electrons. The molecular formula is C35H41N3O6S. The smallest absolute Gasteiger partial charge is 0.258 e. The summed E-state index contributed by atoms with van der Waals surface area (Å²) in [6.45, 7) is 7.86. The summed E-state index contributed by atoms with van der Waals surface area (Å²) < 4.78 is 11.0. The van der Waals surface area contributed by atoms with Crippen LogP contribution in [0.1, 0.15) is 48.6 Å². The molecule has 2 heterocycles. The summed E-state index contributed by atoms with van der Waals surface area (Å²) >= 11 is 1.48. The van der Waals surface area contributed by atoms with Crippen molar-refractivity contribution in [3.63, 3.8) is 0 Å². The first-order valence-corrected chi connectivity index (χ1v) is 16.2. The van der Waals surface area contributed by atoms with E-state index in [0.29, 0.717) is 18.8 Å². The van der Waals surface area contributed by atoms with E-state index in [9.17, 15) is 19.5 Å². The normalized spacial score (nSPS) is 19.9. The Balaban J connectivity index is 1.32. The molecule has 0 saturated carbocycles. The molecule has 2 aliphatic rings. The standard InChI is InChI=1S/C35H41N3O6S/c1-22-11-10-12-23(2)31(22)44-20-29(39)36-27(19-24-13-6-5-7-14-24)30(40)34(42)38-21-45-35(3,4)32(38)33(41)37-26-17-18-43-28-16-9-8-15-25(26)28/h5-16,26-27,30,32,40H,17-21H2,1-4H3,(H,36,39)(H,37,41)/t26?,27-,30-,32+/m0/s1. The van der Waals surface area contributed by atoms with Gasteiger partial charge in [0.25, 0.3) is 11.8 Å². The number of aryl methyl sites for hydroxylation is 2. The number of aliphatic hydroxyl groups is 1. The maximum Gasteiger partial charge on any atom is 0.258 e. The third-order valence-electron chi connectivity index (χ3n) is 8.39. The summed E-state index contributed by atoms with van der Waals surface area (Å²) in [6, 6.07) is 20.7. The van der Waals surface area contributed by atoms with E-state index in [2.05, 4.69) is 10.6 Å². The summed E-state index contributed by atoms with van der Waals surface area (Å²) in [5.41, 5.74) is 3.55. The predicted molar refractivity (Wildman–Crippen MR) is 174 cm³/mol. The average molecular weight is 632 g/mol. The highest BCUT2D eigenvalue weighted by Gasteiger charge is 2.50. The third-order valence-corrected chi connectivity index (χ3v) is 9.76. The minimum absolute atomic E-state index is 0.211. The van der Waals surface area contributed by atoms with Crippen molar-refractivity contribution in [1.29, 1.82) is 0 Å². The van der Waals surface area contributed by atoms with Gasteiger partial charge in [-0.25, -0.2) is 0 Å². The lowest BCUT2D eigenvalue weighted by Gasteiger charge is -2.35. The Morgan fingerprint density at radius 2 is 1.71 bits per heavy atom. The number of thioether (sulfide) groups is 1. The zero-order valence-corrected chi connectivity index (χ0v) is 26.9. The fourth-order valence-corrected chi connectivity index (χ4v) is 7.16. The molecule has 9 nitrogen and oxygen atoms in total. The lowest BCUT2D eigenvalue weighted by atomic mass is 9.95. The van der Waals surface area contributed by atoms with Gasteiger partial charge in [-0.15, -0.1) is 11.8 Å². The van der Waals surface area contributed by atoms with Crippen molar-refractivity contribution in [3.05, 3.63) is 95.1 Å². The molecule has 1 unspecified atom stereocenters. The van der Waals surface area contributed by atoms with Gasteiger partial charge >= 0.3 is 0 Å². The molecule has 45 heavy (non-hydrogen) atoms. The highest BCUT2D eigenvalue weighted by atomic mass is 32.2. The molecule has 4 atom stereocenters. The number of carbonyl (C=O) groups excluding carboxylic acids is 3. The van der Waals surface area contributed by atoms with Gasteiger partial charge in [0.15, 0.2) is 12.7 Å². The molecule has 0 spiro atoms. The number of hydrogen-bond acceptors (Lipinski definition) is 7. The Kier molecular flexibility index (Phi) is 10.0. The molecule has 0 aliphatic carbocycles. The van der Waals surface area contributed by atoms with Gasteiger partial charge in [-0.3, -0.25) is 14.4 Å². The number of nitrogens with zero attached hydrogens (tertiary/aromatic N) is 1. The molecule has 3 aromatic carbocycles. The van der Waals surface area contributed by atoms with Crippen molar-refractivity contribution in [2.45, 2.75) is 69.5 Å². The highest BCUT2D eigenvalue weighted by molar-refractivity contribution is 8.00. The number of amides is 3. The minimum atomic E-state index is -1.59. The van der Waals surface area contributed by atoms with Crippen molar-refractivity contribution in [2.24, 2.45) is 0 Å². The van der Waals surface area contributed by atoms with Gasteiger partial charge in [-0.2, -0.15) is 0 Å². The van der Waals surface area contributed by atoms with Crippen molar-refractivity contribution < 1.29 is 29.0 Å². The number of rotatable bonds is 10. The first kappa shape index (κ1) is 32.4. The molecule has 3 N–H and O–H groups in total. The number of fused-ring (bicyclic) bond motifs is 1. The maximum atomic E-state index is 14.0. The number of benzene rings is 3. The van der Waals surface area contributed by atoms with Gasteiger partial charge in [0.2, 0.25) is 5.91 Å². The van der Waals surface area contributed by atoms with Gasteiger partial charge in [-0.05, 0) is 56.9 Å². The second-order valence-corrected chi connectivity index (χ2v) is 13.7. The molecule has 1 saturated heterocycles. The highest BCUT2D eigenvalue weighted by Crippen LogP contribution is 2.41. The van der Waals surface area contributed by atoms with E-state index < -0.39 is 34.7 Å². The van der Waals surface area contributed by atoms with Crippen molar-refractivity contribution in [2.75, 3.05) is 19.1 Å². The zero-order valence-electron chi connectivity index (χ0n) is 26.1. The van der Waals surface area contributed by atoms with Gasteiger partial charge in [-0.1, -0.05) is 66.7 Å². The van der Waals surface area contributed by atoms with Crippen LogP contribution in [0.25, 0.3) is 0 Å². The fraction of sp³-hybridized carbons (Fsp3) is 0.400. The zero-order chi connectivity index (χ0) is 32.1. The van der Waals surface area contributed by atoms with E-state index in [1.54, 1.807) is 0 Å². The van der Waals surface area contributed by atoms with E-state index in [-0.39, 0.29) is 30.9 Å². The van der Waals surface area contributed by atoms with E-state index in [0.717, 1.165) is 28.0 Å². The Morgan fingerprint density at radius 3 is 2.44 bits per heavy atom. The summed E-state index contributed by atoms with van der Waals surface area (Å²) in [5, 5.41) is 17.5. The van der Waals surface area contributed by atoms with Crippen LogP contribution in [0.3, 0.4) is 0 Å². The molecule has 1 fully saturated rings. The van der Waals surface area contributed by atoms with Gasteiger partial charge in [0.05, 0.1) is 24.6 Å². The monoisotopic (exact) mass is 631 g/mol. The van der Waals surface area contributed by atoms with Gasteiger partial charge in [0, 0.05) is 16.7 Å². The lowest BCUT2D eigenvalue weighted by Crippen LogP contribution is -2.59. The summed E-state index contributed by atoms with van der Waals surface area (Å²) in [5.74, 6) is 0.219. The molecule has 238 valence electrons. The molecule has 3 aromatic rings. The Labute approximate surface area is 268 Å². The molecule has 5 rings (SSSR count). The van der Waals surface area contributed by atoms with Crippen LogP contribution in [0.2, 0.25) is 0 Å². The van der Waals surface area contributed by atoms with Gasteiger partial charge < -0.3 is 30.1 Å².